The lowest BCUT2D eigenvalue weighted by Crippen LogP contribution is -2.36. The van der Waals surface area contributed by atoms with Crippen LogP contribution in [0.1, 0.15) is 16.3 Å². The summed E-state index contributed by atoms with van der Waals surface area (Å²) in [6.45, 7) is 5.50. The minimum absolute atomic E-state index is 0.0565. The molecule has 3 atom stereocenters. The smallest absolute Gasteiger partial charge is 0.475 e. The largest absolute Gasteiger partial charge is 0.490 e. The fourth-order valence-electron chi connectivity index (χ4n) is 3.63. The Morgan fingerprint density at radius 2 is 2.13 bits per heavy atom. The molecule has 0 unspecified atom stereocenters. The standard InChI is InChI=1S/C17H21N3O3S.C2HF3O2/c1-11-5-12(19-23-11)7-20-8-14-15(10-22-16(14)9-20)17(21)18-6-13-3-2-4-24-13;3-2(4,5)1(6)7/h2-5,14-16H,6-10H2,1H3,(H,18,21);(H,6,7)/t14-,15+,16-;/m1./s1. The summed E-state index contributed by atoms with van der Waals surface area (Å²) in [5, 5.41) is 16.3. The average Bonchev–Trinajstić information content (AvgIpc) is 3.45. The zero-order valence-corrected chi connectivity index (χ0v) is 17.4. The second-order valence-corrected chi connectivity index (χ2v) is 8.40. The van der Waals surface area contributed by atoms with Crippen molar-refractivity contribution < 1.29 is 37.1 Å². The van der Waals surface area contributed by atoms with E-state index in [1.54, 1.807) is 11.3 Å². The normalized spacial score (nSPS) is 23.2. The van der Waals surface area contributed by atoms with E-state index in [4.69, 9.17) is 19.2 Å². The summed E-state index contributed by atoms with van der Waals surface area (Å²) in [4.78, 5) is 24.9. The van der Waals surface area contributed by atoms with Crippen molar-refractivity contribution in [2.45, 2.75) is 32.3 Å². The molecule has 31 heavy (non-hydrogen) atoms. The van der Waals surface area contributed by atoms with Gasteiger partial charge in [-0.2, -0.15) is 13.2 Å². The molecule has 170 valence electrons. The predicted molar refractivity (Wildman–Crippen MR) is 103 cm³/mol. The maximum absolute atomic E-state index is 12.5. The molecular formula is C19H22F3N3O5S. The molecule has 12 heteroatoms. The first kappa shape index (κ1) is 23.2. The molecule has 2 N–H and O–H groups in total. The van der Waals surface area contributed by atoms with Crippen LogP contribution >= 0.6 is 11.3 Å². The van der Waals surface area contributed by atoms with Crippen molar-refractivity contribution in [3.05, 3.63) is 39.9 Å². The molecule has 2 aromatic rings. The third kappa shape index (κ3) is 6.28. The van der Waals surface area contributed by atoms with Gasteiger partial charge >= 0.3 is 12.1 Å². The van der Waals surface area contributed by atoms with Crippen LogP contribution in [0.2, 0.25) is 0 Å². The van der Waals surface area contributed by atoms with Gasteiger partial charge in [0.2, 0.25) is 5.91 Å². The quantitative estimate of drug-likeness (QED) is 0.705. The number of aryl methyl sites for hydroxylation is 1. The van der Waals surface area contributed by atoms with Crippen LogP contribution in [0.3, 0.4) is 0 Å². The number of carboxylic acids is 1. The number of alkyl halides is 3. The number of fused-ring (bicyclic) bond motifs is 1. The number of amides is 1. The van der Waals surface area contributed by atoms with Crippen molar-refractivity contribution in [3.8, 4) is 0 Å². The van der Waals surface area contributed by atoms with Crippen molar-refractivity contribution in [1.29, 1.82) is 0 Å². The number of carbonyl (C=O) groups is 2. The van der Waals surface area contributed by atoms with Gasteiger partial charge in [0.15, 0.2) is 0 Å². The minimum Gasteiger partial charge on any atom is -0.475 e. The molecule has 0 aromatic carbocycles. The van der Waals surface area contributed by atoms with Crippen molar-refractivity contribution in [1.82, 2.24) is 15.4 Å². The highest BCUT2D eigenvalue weighted by atomic mass is 32.1. The first-order valence-corrected chi connectivity index (χ1v) is 10.4. The Balaban J connectivity index is 0.000000339. The number of rotatable bonds is 5. The van der Waals surface area contributed by atoms with Crippen LogP contribution < -0.4 is 5.32 Å². The number of aliphatic carboxylic acids is 1. The lowest BCUT2D eigenvalue weighted by atomic mass is 9.92. The number of thiophene rings is 1. The van der Waals surface area contributed by atoms with E-state index < -0.39 is 12.1 Å². The molecule has 4 rings (SSSR count). The molecule has 0 radical (unpaired) electrons. The number of hydrogen-bond donors (Lipinski definition) is 2. The van der Waals surface area contributed by atoms with Crippen molar-refractivity contribution in [2.75, 3.05) is 19.7 Å². The molecule has 8 nitrogen and oxygen atoms in total. The van der Waals surface area contributed by atoms with E-state index in [0.717, 1.165) is 31.1 Å². The molecule has 0 aliphatic carbocycles. The van der Waals surface area contributed by atoms with Crippen LogP contribution in [0.15, 0.2) is 28.1 Å². The Morgan fingerprint density at radius 3 is 2.71 bits per heavy atom. The summed E-state index contributed by atoms with van der Waals surface area (Å²) >= 11 is 1.66. The Bertz CT molecular complexity index is 887. The van der Waals surface area contributed by atoms with E-state index in [1.165, 1.54) is 4.88 Å². The predicted octanol–water partition coefficient (Wildman–Crippen LogP) is 2.44. The van der Waals surface area contributed by atoms with E-state index in [9.17, 15) is 18.0 Å². The summed E-state index contributed by atoms with van der Waals surface area (Å²) in [6.07, 6.45) is -4.93. The molecule has 2 aliphatic rings. The Labute approximate surface area is 180 Å². The van der Waals surface area contributed by atoms with Crippen molar-refractivity contribution in [2.24, 2.45) is 11.8 Å². The maximum Gasteiger partial charge on any atom is 0.490 e. The summed E-state index contributed by atoms with van der Waals surface area (Å²) in [6, 6.07) is 6.00. The third-order valence-corrected chi connectivity index (χ3v) is 5.93. The van der Waals surface area contributed by atoms with Gasteiger partial charge in [0.1, 0.15) is 5.76 Å². The molecule has 4 heterocycles. The summed E-state index contributed by atoms with van der Waals surface area (Å²) < 4.78 is 42.7. The van der Waals surface area contributed by atoms with Gasteiger partial charge in [-0.1, -0.05) is 11.2 Å². The molecule has 2 aliphatic heterocycles. The van der Waals surface area contributed by atoms with Crippen LogP contribution in [-0.4, -0.2) is 59.0 Å². The molecule has 0 saturated carbocycles. The summed E-state index contributed by atoms with van der Waals surface area (Å²) in [7, 11) is 0. The molecule has 2 aromatic heterocycles. The number of halogens is 3. The van der Waals surface area contributed by atoms with Crippen LogP contribution in [0.5, 0.6) is 0 Å². The van der Waals surface area contributed by atoms with Crippen LogP contribution in [-0.2, 0) is 27.4 Å². The second-order valence-electron chi connectivity index (χ2n) is 7.37. The van der Waals surface area contributed by atoms with Gasteiger partial charge in [-0.25, -0.2) is 4.79 Å². The fourth-order valence-corrected chi connectivity index (χ4v) is 4.28. The number of nitrogens with one attached hydrogen (secondary N) is 1. The summed E-state index contributed by atoms with van der Waals surface area (Å²) in [5.74, 6) is -1.62. The zero-order valence-electron chi connectivity index (χ0n) is 16.6. The highest BCUT2D eigenvalue weighted by molar-refractivity contribution is 7.09. The van der Waals surface area contributed by atoms with E-state index in [2.05, 4.69) is 15.4 Å². The Hall–Kier alpha value is -2.44. The number of ether oxygens (including phenoxy) is 1. The highest BCUT2D eigenvalue weighted by Gasteiger charge is 2.46. The van der Waals surface area contributed by atoms with Gasteiger partial charge in [0.25, 0.3) is 0 Å². The first-order valence-electron chi connectivity index (χ1n) is 9.50. The van der Waals surface area contributed by atoms with E-state index in [0.29, 0.717) is 13.2 Å². The maximum atomic E-state index is 12.5. The Kier molecular flexibility index (Phi) is 7.34. The third-order valence-electron chi connectivity index (χ3n) is 5.05. The zero-order chi connectivity index (χ0) is 22.6. The van der Waals surface area contributed by atoms with E-state index in [1.807, 2.05) is 30.5 Å². The number of likely N-dealkylation sites (tertiary alicyclic amines) is 1. The highest BCUT2D eigenvalue weighted by Crippen LogP contribution is 2.34. The SMILES string of the molecule is Cc1cc(CN2C[C@@H]3[C@@H](C(=O)NCc4cccs4)CO[C@@H]3C2)no1.O=C(O)C(F)(F)F. The molecule has 0 spiro atoms. The summed E-state index contributed by atoms with van der Waals surface area (Å²) in [5.41, 5.74) is 0.936. The number of hydrogen-bond acceptors (Lipinski definition) is 7. The number of carboxylic acid groups (broad SMARTS) is 1. The average molecular weight is 461 g/mol. The van der Waals surface area contributed by atoms with E-state index in [-0.39, 0.29) is 23.8 Å². The minimum atomic E-state index is -5.08. The van der Waals surface area contributed by atoms with E-state index >= 15 is 0 Å². The topological polar surface area (TPSA) is 105 Å². The fraction of sp³-hybridized carbons (Fsp3) is 0.526. The van der Waals surface area contributed by atoms with Gasteiger partial charge in [0, 0.05) is 36.5 Å². The van der Waals surface area contributed by atoms with Crippen molar-refractivity contribution >= 4 is 23.2 Å². The number of aromatic nitrogens is 1. The number of nitrogens with zero attached hydrogens (tertiary/aromatic N) is 2. The van der Waals surface area contributed by atoms with Crippen molar-refractivity contribution in [3.63, 3.8) is 0 Å². The van der Waals surface area contributed by atoms with Crippen LogP contribution in [0.4, 0.5) is 13.2 Å². The second kappa shape index (κ2) is 9.79. The first-order chi connectivity index (χ1) is 14.6. The van der Waals surface area contributed by atoms with Gasteiger partial charge in [-0.3, -0.25) is 9.69 Å². The van der Waals surface area contributed by atoms with Gasteiger partial charge in [-0.15, -0.1) is 11.3 Å². The van der Waals surface area contributed by atoms with Gasteiger partial charge < -0.3 is 19.7 Å². The monoisotopic (exact) mass is 461 g/mol. The molecule has 2 fully saturated rings. The van der Waals surface area contributed by atoms with Crippen LogP contribution in [0.25, 0.3) is 0 Å². The van der Waals surface area contributed by atoms with Gasteiger partial charge in [0.05, 0.1) is 30.9 Å². The molecule has 1 amide bonds. The van der Waals surface area contributed by atoms with Crippen LogP contribution in [0, 0.1) is 18.8 Å². The number of carbonyl (C=O) groups excluding carboxylic acids is 1. The molecule has 0 bridgehead atoms. The lowest BCUT2D eigenvalue weighted by Gasteiger charge is -2.18. The Morgan fingerprint density at radius 1 is 1.39 bits per heavy atom. The van der Waals surface area contributed by atoms with Gasteiger partial charge in [-0.05, 0) is 18.4 Å². The molecule has 2 saturated heterocycles. The lowest BCUT2D eigenvalue weighted by molar-refractivity contribution is -0.192. The molecular weight excluding hydrogens is 439 g/mol.